The molecule has 2 aliphatic rings. The fourth-order valence-corrected chi connectivity index (χ4v) is 5.04. The number of methoxy groups -OCH3 is 2. The first-order valence-corrected chi connectivity index (χ1v) is 13.2. The maximum absolute atomic E-state index is 13.1. The predicted octanol–water partition coefficient (Wildman–Crippen LogP) is 2.02. The highest BCUT2D eigenvalue weighted by atomic mass is 32.2. The Hall–Kier alpha value is -3.64. The van der Waals surface area contributed by atoms with E-state index < -0.39 is 10.0 Å². The van der Waals surface area contributed by atoms with Crippen LogP contribution in [0.3, 0.4) is 0 Å². The molecule has 11 nitrogen and oxygen atoms in total. The Kier molecular flexibility index (Phi) is 7.75. The summed E-state index contributed by atoms with van der Waals surface area (Å²) in [7, 11) is 0.852. The van der Waals surface area contributed by atoms with E-state index in [1.54, 1.807) is 33.5 Å². The molecule has 4 rings (SSSR count). The zero-order chi connectivity index (χ0) is 25.7. The van der Waals surface area contributed by atoms with Crippen molar-refractivity contribution in [3.63, 3.8) is 0 Å². The van der Waals surface area contributed by atoms with Gasteiger partial charge in [-0.1, -0.05) is 12.2 Å². The van der Waals surface area contributed by atoms with Crippen LogP contribution in [0.4, 0.5) is 5.69 Å². The second-order valence-corrected chi connectivity index (χ2v) is 10.0. The van der Waals surface area contributed by atoms with Crippen molar-refractivity contribution in [2.24, 2.45) is 7.05 Å². The second kappa shape index (κ2) is 11.0. The van der Waals surface area contributed by atoms with Gasteiger partial charge < -0.3 is 30.5 Å². The number of aliphatic hydroxyl groups is 1. The highest BCUT2D eigenvalue weighted by Gasteiger charge is 2.27. The highest BCUT2D eigenvalue weighted by molar-refractivity contribution is 7.89. The molecule has 194 valence electrons. The molecule has 1 aromatic heterocycles. The minimum absolute atomic E-state index is 0.0923. The molecule has 0 unspecified atom stereocenters. The van der Waals surface area contributed by atoms with Crippen LogP contribution >= 0.6 is 0 Å². The van der Waals surface area contributed by atoms with Gasteiger partial charge in [0.1, 0.15) is 11.5 Å². The van der Waals surface area contributed by atoms with E-state index in [1.165, 1.54) is 10.7 Å². The summed E-state index contributed by atoms with van der Waals surface area (Å²) < 4.78 is 41.4. The third kappa shape index (κ3) is 5.60. The minimum Gasteiger partial charge on any atom is -0.497 e. The van der Waals surface area contributed by atoms with Crippen molar-refractivity contribution in [1.82, 2.24) is 25.1 Å². The minimum atomic E-state index is -3.96. The van der Waals surface area contributed by atoms with Crippen LogP contribution in [-0.4, -0.2) is 44.1 Å². The van der Waals surface area contributed by atoms with E-state index in [9.17, 15) is 13.5 Å². The Balaban J connectivity index is 1.76. The van der Waals surface area contributed by atoms with Gasteiger partial charge in [-0.2, -0.15) is 13.5 Å². The number of aliphatic hydroxyl groups excluding tert-OH is 1. The normalized spacial score (nSPS) is 15.2. The topological polar surface area (TPSA) is 139 Å². The lowest BCUT2D eigenvalue weighted by Crippen LogP contribution is -2.43. The van der Waals surface area contributed by atoms with Crippen molar-refractivity contribution in [2.75, 3.05) is 26.1 Å². The van der Waals surface area contributed by atoms with Gasteiger partial charge >= 0.3 is 0 Å². The smallest absolute Gasteiger partial charge is 0.282 e. The molecule has 0 spiro atoms. The summed E-state index contributed by atoms with van der Waals surface area (Å²) in [6, 6.07) is 5.07. The molecule has 36 heavy (non-hydrogen) atoms. The van der Waals surface area contributed by atoms with Crippen LogP contribution in [0.25, 0.3) is 0 Å². The predicted molar refractivity (Wildman–Crippen MR) is 135 cm³/mol. The molecule has 5 N–H and O–H groups in total. The zero-order valence-corrected chi connectivity index (χ0v) is 21.4. The van der Waals surface area contributed by atoms with Gasteiger partial charge in [-0.05, 0) is 38.2 Å². The number of ether oxygens (including phenoxy) is 2. The van der Waals surface area contributed by atoms with Gasteiger partial charge in [-0.3, -0.25) is 9.40 Å². The lowest BCUT2D eigenvalue weighted by molar-refractivity contribution is 0.284. The fourth-order valence-electron chi connectivity index (χ4n) is 4.04. The number of unbranched alkanes of at least 4 members (excludes halogenated alkanes) is 1. The lowest BCUT2D eigenvalue weighted by Gasteiger charge is -2.31. The maximum atomic E-state index is 13.1. The van der Waals surface area contributed by atoms with Gasteiger partial charge in [0.05, 0.1) is 31.3 Å². The number of hydrogen-bond donors (Lipinski definition) is 5. The first-order chi connectivity index (χ1) is 17.3. The quantitative estimate of drug-likeness (QED) is 0.284. The van der Waals surface area contributed by atoms with Crippen molar-refractivity contribution in [1.29, 1.82) is 0 Å². The summed E-state index contributed by atoms with van der Waals surface area (Å²) in [6.45, 7) is 0.0978. The van der Waals surface area contributed by atoms with E-state index in [4.69, 9.17) is 9.47 Å². The Bertz CT molecular complexity index is 1310. The third-order valence-electron chi connectivity index (χ3n) is 5.86. The molecule has 0 fully saturated rings. The molecule has 0 bridgehead atoms. The number of aryl methyl sites for hydroxylation is 1. The average Bonchev–Trinajstić information content (AvgIpc) is 3.32. The van der Waals surface area contributed by atoms with Crippen LogP contribution in [0, 0.1) is 0 Å². The molecular formula is C24H32N6O5S. The summed E-state index contributed by atoms with van der Waals surface area (Å²) in [5.74, 6) is 1.86. The number of allylic oxidation sites excluding steroid dienone is 2. The van der Waals surface area contributed by atoms with E-state index in [0.717, 1.165) is 36.2 Å². The maximum Gasteiger partial charge on any atom is 0.282 e. The molecule has 1 aromatic carbocycles. The second-order valence-electron chi connectivity index (χ2n) is 8.41. The number of hydrogen-bond acceptors (Lipinski definition) is 9. The van der Waals surface area contributed by atoms with Crippen LogP contribution < -0.4 is 30.1 Å². The SMILES string of the molecule is COc1cc(NC2=C(NS(=O)(=O)c3ccn(C)n3)NC3=CCCC=C3N2)c(CCCCO)c(OC)c1. The third-order valence-corrected chi connectivity index (χ3v) is 7.10. The Morgan fingerprint density at radius 1 is 1.08 bits per heavy atom. The van der Waals surface area contributed by atoms with E-state index in [2.05, 4.69) is 31.8 Å². The summed E-state index contributed by atoms with van der Waals surface area (Å²) in [6.07, 6.45) is 9.39. The molecule has 1 aliphatic carbocycles. The molecule has 1 aliphatic heterocycles. The van der Waals surface area contributed by atoms with Crippen LogP contribution in [-0.2, 0) is 23.5 Å². The van der Waals surface area contributed by atoms with E-state index in [1.807, 2.05) is 12.1 Å². The van der Waals surface area contributed by atoms with E-state index >= 15 is 0 Å². The molecule has 0 amide bonds. The Morgan fingerprint density at radius 3 is 2.42 bits per heavy atom. The average molecular weight is 517 g/mol. The van der Waals surface area contributed by atoms with Gasteiger partial charge in [0.25, 0.3) is 10.0 Å². The molecule has 2 aromatic rings. The summed E-state index contributed by atoms with van der Waals surface area (Å²) in [4.78, 5) is 0. The van der Waals surface area contributed by atoms with Crippen LogP contribution in [0.15, 0.2) is 64.6 Å². The number of nitrogens with one attached hydrogen (secondary N) is 4. The van der Waals surface area contributed by atoms with Crippen LogP contribution in [0.5, 0.6) is 11.5 Å². The molecule has 0 saturated carbocycles. The van der Waals surface area contributed by atoms with Crippen molar-refractivity contribution >= 4 is 15.7 Å². The number of anilines is 1. The molecule has 0 atom stereocenters. The fraction of sp³-hybridized carbons (Fsp3) is 0.375. The largest absolute Gasteiger partial charge is 0.497 e. The number of sulfonamides is 1. The summed E-state index contributed by atoms with van der Waals surface area (Å²) in [5.41, 5.74) is 3.21. The Morgan fingerprint density at radius 2 is 1.81 bits per heavy atom. The van der Waals surface area contributed by atoms with Crippen molar-refractivity contribution in [2.45, 2.75) is 37.1 Å². The van der Waals surface area contributed by atoms with E-state index in [0.29, 0.717) is 35.8 Å². The van der Waals surface area contributed by atoms with Gasteiger partial charge in [0.15, 0.2) is 16.7 Å². The highest BCUT2D eigenvalue weighted by Crippen LogP contribution is 2.35. The van der Waals surface area contributed by atoms with Gasteiger partial charge in [0.2, 0.25) is 0 Å². The van der Waals surface area contributed by atoms with Crippen molar-refractivity contribution in [3.8, 4) is 11.5 Å². The van der Waals surface area contributed by atoms with Gasteiger partial charge in [-0.25, -0.2) is 0 Å². The summed E-state index contributed by atoms with van der Waals surface area (Å²) in [5, 5.41) is 23.1. The molecule has 12 heteroatoms. The number of nitrogens with zero attached hydrogens (tertiary/aromatic N) is 2. The molecule has 0 radical (unpaired) electrons. The number of fused-ring (bicyclic) bond motifs is 1. The molecular weight excluding hydrogens is 484 g/mol. The monoisotopic (exact) mass is 516 g/mol. The number of rotatable bonds is 11. The molecule has 0 saturated heterocycles. The number of aromatic nitrogens is 2. The van der Waals surface area contributed by atoms with E-state index in [-0.39, 0.29) is 17.5 Å². The van der Waals surface area contributed by atoms with Gasteiger partial charge in [-0.15, -0.1) is 0 Å². The standard InChI is InChI=1S/C24H32N6O5S/c1-30-12-11-22(28-30)36(32,33)29-24-23(25-18-9-4-5-10-19(18)26-24)27-20-14-16(34-2)15-21(35-3)17(20)8-6-7-13-31/h9-12,14-15,25-27,29,31H,4-8,13H2,1-3H3. The Labute approximate surface area is 210 Å². The zero-order valence-electron chi connectivity index (χ0n) is 20.6. The lowest BCUT2D eigenvalue weighted by atomic mass is 10.0. The molecule has 2 heterocycles. The van der Waals surface area contributed by atoms with Crippen LogP contribution in [0.2, 0.25) is 0 Å². The first kappa shape index (κ1) is 25.5. The van der Waals surface area contributed by atoms with Crippen LogP contribution in [0.1, 0.15) is 31.2 Å². The first-order valence-electron chi connectivity index (χ1n) is 11.7. The van der Waals surface area contributed by atoms with Crippen molar-refractivity contribution in [3.05, 3.63) is 65.1 Å². The van der Waals surface area contributed by atoms with Gasteiger partial charge in [0, 0.05) is 37.5 Å². The number of benzene rings is 1. The van der Waals surface area contributed by atoms with Crippen molar-refractivity contribution < 1.29 is 23.0 Å². The summed E-state index contributed by atoms with van der Waals surface area (Å²) >= 11 is 0.